The fourth-order valence-electron chi connectivity index (χ4n) is 2.77. The summed E-state index contributed by atoms with van der Waals surface area (Å²) < 4.78 is 18.5. The third kappa shape index (κ3) is 4.83. The zero-order chi connectivity index (χ0) is 20.8. The topological polar surface area (TPSA) is 73.7 Å². The number of hydrogen-bond acceptors (Lipinski definition) is 6. The van der Waals surface area contributed by atoms with Gasteiger partial charge in [0.15, 0.2) is 17.3 Å². The third-order valence-corrected chi connectivity index (χ3v) is 4.64. The van der Waals surface area contributed by atoms with Crippen LogP contribution in [0.1, 0.15) is 36.7 Å². The van der Waals surface area contributed by atoms with Crippen molar-refractivity contribution >= 4 is 18.4 Å². The van der Waals surface area contributed by atoms with Crippen molar-refractivity contribution in [2.75, 3.05) is 14.2 Å². The molecule has 0 amide bonds. The standard InChI is InChI=1S/C21H24N4O3S/c1-14(2)15-8-10-17(11-9-15)28-13-19-23-24-21(29)25(19)22-12-16-6-5-7-18(26-3)20(16)27-4/h5-12,14H,13H2,1-4H3,(H,24,29)/b22-12-. The Bertz CT molecular complexity index is 1040. The summed E-state index contributed by atoms with van der Waals surface area (Å²) in [6.07, 6.45) is 1.65. The Morgan fingerprint density at radius 2 is 1.90 bits per heavy atom. The molecule has 1 heterocycles. The van der Waals surface area contributed by atoms with Gasteiger partial charge in [0.2, 0.25) is 4.77 Å². The Morgan fingerprint density at radius 3 is 2.55 bits per heavy atom. The highest BCUT2D eigenvalue weighted by molar-refractivity contribution is 7.71. The molecular formula is C21H24N4O3S. The van der Waals surface area contributed by atoms with Gasteiger partial charge in [-0.1, -0.05) is 32.0 Å². The van der Waals surface area contributed by atoms with Crippen LogP contribution < -0.4 is 14.2 Å². The fourth-order valence-corrected chi connectivity index (χ4v) is 2.97. The van der Waals surface area contributed by atoms with Crippen molar-refractivity contribution in [1.82, 2.24) is 14.9 Å². The number of methoxy groups -OCH3 is 2. The van der Waals surface area contributed by atoms with Crippen molar-refractivity contribution in [3.63, 3.8) is 0 Å². The summed E-state index contributed by atoms with van der Waals surface area (Å²) >= 11 is 5.29. The SMILES string of the molecule is COc1cccc(/C=N\n2c(COc3ccc(C(C)C)cc3)n[nH]c2=S)c1OC. The third-order valence-electron chi connectivity index (χ3n) is 4.38. The van der Waals surface area contributed by atoms with Gasteiger partial charge in [-0.2, -0.15) is 14.9 Å². The van der Waals surface area contributed by atoms with Crippen LogP contribution in [0.4, 0.5) is 0 Å². The average Bonchev–Trinajstić information content (AvgIpc) is 3.09. The highest BCUT2D eigenvalue weighted by Gasteiger charge is 2.10. The maximum atomic E-state index is 5.85. The number of ether oxygens (including phenoxy) is 3. The first-order chi connectivity index (χ1) is 14.0. The fraction of sp³-hybridized carbons (Fsp3) is 0.286. The summed E-state index contributed by atoms with van der Waals surface area (Å²) in [6.45, 7) is 4.53. The molecule has 0 bridgehead atoms. The van der Waals surface area contributed by atoms with Gasteiger partial charge in [-0.15, -0.1) is 0 Å². The lowest BCUT2D eigenvalue weighted by Gasteiger charge is -2.10. The van der Waals surface area contributed by atoms with E-state index in [1.54, 1.807) is 20.4 Å². The molecule has 2 aromatic carbocycles. The molecule has 0 radical (unpaired) electrons. The van der Waals surface area contributed by atoms with Crippen LogP contribution in [0, 0.1) is 4.77 Å². The lowest BCUT2D eigenvalue weighted by Crippen LogP contribution is -2.04. The lowest BCUT2D eigenvalue weighted by atomic mass is 10.0. The summed E-state index contributed by atoms with van der Waals surface area (Å²) in [5.41, 5.74) is 2.02. The molecule has 3 aromatic rings. The van der Waals surface area contributed by atoms with Gasteiger partial charge in [0.25, 0.3) is 0 Å². The van der Waals surface area contributed by atoms with E-state index in [-0.39, 0.29) is 6.61 Å². The van der Waals surface area contributed by atoms with Crippen molar-refractivity contribution in [2.45, 2.75) is 26.4 Å². The zero-order valence-corrected chi connectivity index (χ0v) is 17.7. The smallest absolute Gasteiger partial charge is 0.216 e. The first-order valence-electron chi connectivity index (χ1n) is 9.18. The van der Waals surface area contributed by atoms with E-state index in [2.05, 4.69) is 41.3 Å². The van der Waals surface area contributed by atoms with Crippen LogP contribution >= 0.6 is 12.2 Å². The van der Waals surface area contributed by atoms with Gasteiger partial charge in [0.1, 0.15) is 12.4 Å². The summed E-state index contributed by atoms with van der Waals surface area (Å²) in [6, 6.07) is 13.6. The Labute approximate surface area is 174 Å². The second kappa shape index (κ2) is 9.38. The van der Waals surface area contributed by atoms with E-state index in [0.29, 0.717) is 28.0 Å². The number of rotatable bonds is 8. The van der Waals surface area contributed by atoms with Crippen molar-refractivity contribution < 1.29 is 14.2 Å². The van der Waals surface area contributed by atoms with Gasteiger partial charge in [-0.25, -0.2) is 5.10 Å². The minimum Gasteiger partial charge on any atom is -0.493 e. The molecule has 1 aromatic heterocycles. The molecule has 0 saturated heterocycles. The Morgan fingerprint density at radius 1 is 1.14 bits per heavy atom. The molecule has 29 heavy (non-hydrogen) atoms. The first kappa shape index (κ1) is 20.6. The quantitative estimate of drug-likeness (QED) is 0.434. The van der Waals surface area contributed by atoms with Crippen LogP contribution in [-0.4, -0.2) is 35.3 Å². The molecule has 0 atom stereocenters. The minimum absolute atomic E-state index is 0.223. The van der Waals surface area contributed by atoms with Crippen LogP contribution in [0.25, 0.3) is 0 Å². The number of aromatic amines is 1. The van der Waals surface area contributed by atoms with E-state index in [4.69, 9.17) is 26.4 Å². The maximum absolute atomic E-state index is 5.85. The minimum atomic E-state index is 0.223. The number of para-hydroxylation sites is 1. The molecule has 8 heteroatoms. The molecule has 152 valence electrons. The van der Waals surface area contributed by atoms with Gasteiger partial charge in [-0.3, -0.25) is 0 Å². The molecule has 7 nitrogen and oxygen atoms in total. The van der Waals surface area contributed by atoms with E-state index < -0.39 is 0 Å². The van der Waals surface area contributed by atoms with E-state index in [1.165, 1.54) is 10.2 Å². The molecule has 0 fully saturated rings. The largest absolute Gasteiger partial charge is 0.493 e. The summed E-state index contributed by atoms with van der Waals surface area (Å²) in [5.74, 6) is 3.01. The molecule has 0 saturated carbocycles. The van der Waals surface area contributed by atoms with E-state index in [0.717, 1.165) is 11.3 Å². The van der Waals surface area contributed by atoms with Gasteiger partial charge >= 0.3 is 0 Å². The number of aromatic nitrogens is 3. The van der Waals surface area contributed by atoms with Crippen LogP contribution in [0.2, 0.25) is 0 Å². The predicted molar refractivity (Wildman–Crippen MR) is 115 cm³/mol. The van der Waals surface area contributed by atoms with Crippen molar-refractivity contribution in [3.8, 4) is 17.2 Å². The van der Waals surface area contributed by atoms with E-state index in [1.807, 2.05) is 30.3 Å². The van der Waals surface area contributed by atoms with Crippen molar-refractivity contribution in [1.29, 1.82) is 0 Å². The predicted octanol–water partition coefficient (Wildman–Crippen LogP) is 4.54. The second-order valence-electron chi connectivity index (χ2n) is 6.60. The van der Waals surface area contributed by atoms with Gasteiger partial charge in [-0.05, 0) is 48.0 Å². The summed E-state index contributed by atoms with van der Waals surface area (Å²) in [5, 5.41) is 11.4. The number of H-pyrrole nitrogens is 1. The number of hydrogen-bond donors (Lipinski definition) is 1. The normalized spacial score (nSPS) is 11.2. The van der Waals surface area contributed by atoms with Crippen LogP contribution in [0.5, 0.6) is 17.2 Å². The number of nitrogens with zero attached hydrogens (tertiary/aromatic N) is 3. The van der Waals surface area contributed by atoms with E-state index >= 15 is 0 Å². The Balaban J connectivity index is 1.78. The molecular weight excluding hydrogens is 388 g/mol. The van der Waals surface area contributed by atoms with Gasteiger partial charge in [0, 0.05) is 5.56 Å². The maximum Gasteiger partial charge on any atom is 0.216 e. The molecule has 0 aliphatic carbocycles. The van der Waals surface area contributed by atoms with Gasteiger partial charge in [0.05, 0.1) is 20.4 Å². The van der Waals surface area contributed by atoms with Crippen LogP contribution in [0.3, 0.4) is 0 Å². The number of nitrogens with one attached hydrogen (secondary N) is 1. The highest BCUT2D eigenvalue weighted by Crippen LogP contribution is 2.29. The van der Waals surface area contributed by atoms with Crippen molar-refractivity contribution in [3.05, 3.63) is 64.2 Å². The van der Waals surface area contributed by atoms with Crippen LogP contribution in [-0.2, 0) is 6.61 Å². The molecule has 0 unspecified atom stereocenters. The zero-order valence-electron chi connectivity index (χ0n) is 16.9. The van der Waals surface area contributed by atoms with Gasteiger partial charge < -0.3 is 14.2 Å². The van der Waals surface area contributed by atoms with E-state index in [9.17, 15) is 0 Å². The molecule has 1 N–H and O–H groups in total. The molecule has 0 aliphatic rings. The Kier molecular flexibility index (Phi) is 6.66. The molecule has 0 spiro atoms. The second-order valence-corrected chi connectivity index (χ2v) is 6.98. The summed E-state index contributed by atoms with van der Waals surface area (Å²) in [7, 11) is 3.18. The highest BCUT2D eigenvalue weighted by atomic mass is 32.1. The molecule has 0 aliphatic heterocycles. The van der Waals surface area contributed by atoms with Crippen LogP contribution in [0.15, 0.2) is 47.6 Å². The lowest BCUT2D eigenvalue weighted by molar-refractivity contribution is 0.290. The monoisotopic (exact) mass is 412 g/mol. The summed E-state index contributed by atoms with van der Waals surface area (Å²) in [4.78, 5) is 0. The Hall–Kier alpha value is -3.13. The van der Waals surface area contributed by atoms with Crippen molar-refractivity contribution in [2.24, 2.45) is 5.10 Å². The average molecular weight is 413 g/mol. The number of benzene rings is 2. The first-order valence-corrected chi connectivity index (χ1v) is 9.58. The molecule has 3 rings (SSSR count).